The molecule has 0 spiro atoms. The van der Waals surface area contributed by atoms with Crippen LogP contribution in [0, 0.1) is 0 Å². The molecule has 0 amide bonds. The van der Waals surface area contributed by atoms with Gasteiger partial charge in [-0.3, -0.25) is 0 Å². The van der Waals surface area contributed by atoms with Crippen molar-refractivity contribution in [3.63, 3.8) is 0 Å². The van der Waals surface area contributed by atoms with Crippen LogP contribution in [0.3, 0.4) is 0 Å². The van der Waals surface area contributed by atoms with Gasteiger partial charge >= 0.3 is 0 Å². The Bertz CT molecular complexity index is 446. The molecule has 20 heavy (non-hydrogen) atoms. The zero-order chi connectivity index (χ0) is 14.0. The molecule has 114 valence electrons. The van der Waals surface area contributed by atoms with Crippen molar-refractivity contribution in [1.29, 1.82) is 0 Å². The molecule has 1 aliphatic rings. The van der Waals surface area contributed by atoms with Gasteiger partial charge in [0.15, 0.2) is 0 Å². The van der Waals surface area contributed by atoms with Crippen molar-refractivity contribution in [2.45, 2.75) is 57.6 Å². The van der Waals surface area contributed by atoms with Crippen molar-refractivity contribution in [2.75, 3.05) is 6.61 Å². The van der Waals surface area contributed by atoms with E-state index in [1.54, 1.807) is 6.07 Å². The number of nitrogens with two attached hydrogens (primary N) is 1. The van der Waals surface area contributed by atoms with Gasteiger partial charge in [-0.05, 0) is 43.0 Å². The molecule has 1 aromatic rings. The first-order valence-electron chi connectivity index (χ1n) is 7.28. The molecule has 0 saturated heterocycles. The van der Waals surface area contributed by atoms with Gasteiger partial charge in [0.1, 0.15) is 5.75 Å². The van der Waals surface area contributed by atoms with Gasteiger partial charge in [-0.1, -0.05) is 19.9 Å². The zero-order valence-electron chi connectivity index (χ0n) is 12.6. The molecule has 0 saturated carbocycles. The first kappa shape index (κ1) is 17.3. The molecular weight excluding hydrogens is 274 g/mol. The molecule has 2 atom stereocenters. The third-order valence-corrected chi connectivity index (χ3v) is 4.73. The summed E-state index contributed by atoms with van der Waals surface area (Å²) >= 11 is 0. The molecule has 3 nitrogen and oxygen atoms in total. The Morgan fingerprint density at radius 1 is 1.30 bits per heavy atom. The number of aromatic hydroxyl groups is 1. The number of halogens is 1. The van der Waals surface area contributed by atoms with E-state index >= 15 is 0 Å². The molecule has 0 fully saturated rings. The number of hydrogen-bond donors (Lipinski definition) is 2. The van der Waals surface area contributed by atoms with E-state index in [0.29, 0.717) is 12.4 Å². The SMILES string of the molecule is CCO[C@H]1Cc2ccc(O)cc2C(CC)(CC)[C@@H]1N.Cl. The lowest BCUT2D eigenvalue weighted by atomic mass is 9.63. The average molecular weight is 300 g/mol. The third-order valence-electron chi connectivity index (χ3n) is 4.73. The van der Waals surface area contributed by atoms with Crippen LogP contribution in [0.1, 0.15) is 44.7 Å². The molecular formula is C16H26ClNO2. The van der Waals surface area contributed by atoms with Crippen molar-refractivity contribution >= 4 is 12.4 Å². The summed E-state index contributed by atoms with van der Waals surface area (Å²) in [6.45, 7) is 7.05. The quantitative estimate of drug-likeness (QED) is 0.898. The highest BCUT2D eigenvalue weighted by molar-refractivity contribution is 5.85. The Kier molecular flexibility index (Phi) is 5.87. The van der Waals surface area contributed by atoms with Crippen molar-refractivity contribution in [3.8, 4) is 5.75 Å². The van der Waals surface area contributed by atoms with E-state index in [-0.39, 0.29) is 30.0 Å². The Hall–Kier alpha value is -0.770. The Morgan fingerprint density at radius 3 is 2.50 bits per heavy atom. The topological polar surface area (TPSA) is 55.5 Å². The number of rotatable bonds is 4. The lowest BCUT2D eigenvalue weighted by Crippen LogP contribution is -2.56. The van der Waals surface area contributed by atoms with E-state index in [0.717, 1.165) is 19.3 Å². The minimum absolute atomic E-state index is 0. The van der Waals surface area contributed by atoms with E-state index in [9.17, 15) is 5.11 Å². The molecule has 0 radical (unpaired) electrons. The number of phenolic OH excluding ortho intramolecular Hbond substituents is 1. The summed E-state index contributed by atoms with van der Waals surface area (Å²) in [5, 5.41) is 9.79. The van der Waals surface area contributed by atoms with Crippen LogP contribution in [0.2, 0.25) is 0 Å². The number of phenols is 1. The number of hydrogen-bond acceptors (Lipinski definition) is 3. The highest BCUT2D eigenvalue weighted by atomic mass is 35.5. The van der Waals surface area contributed by atoms with E-state index < -0.39 is 0 Å². The average Bonchev–Trinajstić information content (AvgIpc) is 2.41. The maximum atomic E-state index is 9.79. The van der Waals surface area contributed by atoms with Crippen LogP contribution in [0.5, 0.6) is 5.75 Å². The van der Waals surface area contributed by atoms with Crippen LogP contribution >= 0.6 is 12.4 Å². The van der Waals surface area contributed by atoms with Crippen LogP contribution < -0.4 is 5.73 Å². The van der Waals surface area contributed by atoms with Crippen molar-refractivity contribution in [3.05, 3.63) is 29.3 Å². The van der Waals surface area contributed by atoms with E-state index in [1.165, 1.54) is 11.1 Å². The summed E-state index contributed by atoms with van der Waals surface area (Å²) in [6.07, 6.45) is 2.84. The van der Waals surface area contributed by atoms with Crippen LogP contribution in [0.15, 0.2) is 18.2 Å². The van der Waals surface area contributed by atoms with Crippen molar-refractivity contribution in [1.82, 2.24) is 0 Å². The Morgan fingerprint density at radius 2 is 1.95 bits per heavy atom. The van der Waals surface area contributed by atoms with Gasteiger partial charge in [-0.15, -0.1) is 12.4 Å². The largest absolute Gasteiger partial charge is 0.508 e. The highest BCUT2D eigenvalue weighted by Gasteiger charge is 2.45. The second kappa shape index (κ2) is 6.79. The first-order valence-corrected chi connectivity index (χ1v) is 7.28. The predicted molar refractivity (Wildman–Crippen MR) is 84.7 cm³/mol. The molecule has 0 unspecified atom stereocenters. The Labute approximate surface area is 127 Å². The van der Waals surface area contributed by atoms with Gasteiger partial charge < -0.3 is 15.6 Å². The minimum Gasteiger partial charge on any atom is -0.508 e. The molecule has 0 bridgehead atoms. The molecule has 0 aliphatic heterocycles. The molecule has 3 N–H and O–H groups in total. The van der Waals surface area contributed by atoms with Crippen LogP contribution in [-0.4, -0.2) is 23.9 Å². The van der Waals surface area contributed by atoms with E-state index in [4.69, 9.17) is 10.5 Å². The lowest BCUT2D eigenvalue weighted by molar-refractivity contribution is 0.0119. The second-order valence-corrected chi connectivity index (χ2v) is 5.43. The lowest BCUT2D eigenvalue weighted by Gasteiger charge is -2.47. The maximum absolute atomic E-state index is 9.79. The number of ether oxygens (including phenoxy) is 1. The van der Waals surface area contributed by atoms with Crippen molar-refractivity contribution < 1.29 is 9.84 Å². The molecule has 0 heterocycles. The fourth-order valence-corrected chi connectivity index (χ4v) is 3.56. The number of benzene rings is 1. The van der Waals surface area contributed by atoms with Gasteiger partial charge in [0.05, 0.1) is 6.10 Å². The highest BCUT2D eigenvalue weighted by Crippen LogP contribution is 2.43. The fraction of sp³-hybridized carbons (Fsp3) is 0.625. The summed E-state index contributed by atoms with van der Waals surface area (Å²) in [4.78, 5) is 0. The summed E-state index contributed by atoms with van der Waals surface area (Å²) in [5.74, 6) is 0.326. The summed E-state index contributed by atoms with van der Waals surface area (Å²) in [6, 6.07) is 5.65. The van der Waals surface area contributed by atoms with Gasteiger partial charge in [-0.2, -0.15) is 0 Å². The molecule has 0 aromatic heterocycles. The number of fused-ring (bicyclic) bond motifs is 1. The van der Waals surface area contributed by atoms with Crippen LogP contribution in [0.4, 0.5) is 0 Å². The van der Waals surface area contributed by atoms with Gasteiger partial charge in [0.25, 0.3) is 0 Å². The monoisotopic (exact) mass is 299 g/mol. The summed E-state index contributed by atoms with van der Waals surface area (Å²) in [5.41, 5.74) is 8.91. The standard InChI is InChI=1S/C16H25NO2.ClH/c1-4-16(5-2)13-10-12(18)8-7-11(13)9-14(15(16)17)19-6-3;/h7-8,10,14-15,18H,4-6,9,17H2,1-3H3;1H/t14-,15+;/m0./s1. The molecule has 1 aliphatic carbocycles. The van der Waals surface area contributed by atoms with Gasteiger partial charge in [0.2, 0.25) is 0 Å². The molecule has 4 heteroatoms. The minimum atomic E-state index is -0.0911. The first-order chi connectivity index (χ1) is 9.08. The molecule has 2 rings (SSSR count). The summed E-state index contributed by atoms with van der Waals surface area (Å²) in [7, 11) is 0. The fourth-order valence-electron chi connectivity index (χ4n) is 3.56. The zero-order valence-corrected chi connectivity index (χ0v) is 13.4. The third kappa shape index (κ3) is 2.67. The smallest absolute Gasteiger partial charge is 0.115 e. The van der Waals surface area contributed by atoms with Gasteiger partial charge in [-0.25, -0.2) is 0 Å². The van der Waals surface area contributed by atoms with Crippen LogP contribution in [-0.2, 0) is 16.6 Å². The van der Waals surface area contributed by atoms with E-state index in [2.05, 4.69) is 13.8 Å². The van der Waals surface area contributed by atoms with Gasteiger partial charge in [0, 0.05) is 24.5 Å². The predicted octanol–water partition coefficient (Wildman–Crippen LogP) is 3.16. The molecule has 1 aromatic carbocycles. The normalized spacial score (nSPS) is 23.8. The second-order valence-electron chi connectivity index (χ2n) is 5.43. The Balaban J connectivity index is 0.00000200. The van der Waals surface area contributed by atoms with Crippen molar-refractivity contribution in [2.24, 2.45) is 5.73 Å². The summed E-state index contributed by atoms with van der Waals surface area (Å²) < 4.78 is 5.85. The maximum Gasteiger partial charge on any atom is 0.115 e. The van der Waals surface area contributed by atoms with Crippen LogP contribution in [0.25, 0.3) is 0 Å². The van der Waals surface area contributed by atoms with E-state index in [1.807, 2.05) is 19.1 Å².